The van der Waals surface area contributed by atoms with Crippen molar-refractivity contribution in [3.05, 3.63) is 22.7 Å². The maximum Gasteiger partial charge on any atom is 0.159 e. The van der Waals surface area contributed by atoms with E-state index in [0.717, 1.165) is 11.5 Å². The van der Waals surface area contributed by atoms with Crippen LogP contribution in [-0.2, 0) is 4.74 Å². The van der Waals surface area contributed by atoms with Gasteiger partial charge in [0, 0.05) is 18.2 Å². The van der Waals surface area contributed by atoms with Crippen LogP contribution in [0.1, 0.15) is 64.1 Å². The second-order valence-electron chi connectivity index (χ2n) is 5.95. The van der Waals surface area contributed by atoms with Gasteiger partial charge in [0.1, 0.15) is 11.3 Å². The molecule has 0 N–H and O–H groups in total. The molecule has 1 heterocycles. The lowest BCUT2D eigenvalue weighted by Crippen LogP contribution is -2.24. The minimum Gasteiger partial charge on any atom is -0.370 e. The summed E-state index contributed by atoms with van der Waals surface area (Å²) in [6.07, 6.45) is 2.31. The Morgan fingerprint density at radius 1 is 1.39 bits per heavy atom. The first-order valence-corrected chi connectivity index (χ1v) is 6.95. The number of halogens is 1. The summed E-state index contributed by atoms with van der Waals surface area (Å²) >= 11 is 6.11. The summed E-state index contributed by atoms with van der Waals surface area (Å²) in [6.45, 7) is 9.04. The van der Waals surface area contributed by atoms with Gasteiger partial charge in [-0.05, 0) is 31.2 Å². The van der Waals surface area contributed by atoms with Crippen molar-refractivity contribution >= 4 is 11.6 Å². The van der Waals surface area contributed by atoms with E-state index in [4.69, 9.17) is 16.3 Å². The van der Waals surface area contributed by atoms with Gasteiger partial charge in [-0.25, -0.2) is 9.97 Å². The predicted molar refractivity (Wildman–Crippen MR) is 72.8 cm³/mol. The fraction of sp³-hybridized carbons (Fsp3) is 0.714. The Bertz CT molecular complexity index is 424. The van der Waals surface area contributed by atoms with E-state index in [1.807, 2.05) is 13.0 Å². The summed E-state index contributed by atoms with van der Waals surface area (Å²) in [5.41, 5.74) is 1.03. The van der Waals surface area contributed by atoms with Crippen molar-refractivity contribution < 1.29 is 4.74 Å². The van der Waals surface area contributed by atoms with Crippen molar-refractivity contribution in [2.45, 2.75) is 52.6 Å². The van der Waals surface area contributed by atoms with E-state index in [1.165, 1.54) is 12.8 Å². The summed E-state index contributed by atoms with van der Waals surface area (Å²) in [5, 5.41) is 0.524. The minimum absolute atomic E-state index is 0.0402. The Labute approximate surface area is 114 Å². The van der Waals surface area contributed by atoms with Gasteiger partial charge in [0.25, 0.3) is 0 Å². The number of hydrogen-bond acceptors (Lipinski definition) is 3. The van der Waals surface area contributed by atoms with Crippen molar-refractivity contribution in [2.24, 2.45) is 5.41 Å². The van der Waals surface area contributed by atoms with E-state index in [-0.39, 0.29) is 11.5 Å². The third-order valence-electron chi connectivity index (χ3n) is 3.08. The highest BCUT2D eigenvalue weighted by Gasteiger charge is 2.32. The minimum atomic E-state index is -0.112. The second kappa shape index (κ2) is 5.14. The molecular weight excluding hydrogens is 248 g/mol. The topological polar surface area (TPSA) is 35.0 Å². The Hall–Kier alpha value is -0.670. The number of ether oxygens (including phenoxy) is 1. The average Bonchev–Trinajstić information content (AvgIpc) is 3.06. The van der Waals surface area contributed by atoms with Crippen LogP contribution < -0.4 is 0 Å². The van der Waals surface area contributed by atoms with Crippen LogP contribution in [0.25, 0.3) is 0 Å². The molecule has 2 rings (SSSR count). The molecule has 0 saturated heterocycles. The zero-order valence-corrected chi connectivity index (χ0v) is 12.3. The number of nitrogens with zero attached hydrogens (tertiary/aromatic N) is 2. The number of hydrogen-bond donors (Lipinski definition) is 0. The van der Waals surface area contributed by atoms with Crippen LogP contribution in [-0.4, -0.2) is 16.6 Å². The lowest BCUT2D eigenvalue weighted by molar-refractivity contribution is -0.0192. The monoisotopic (exact) mass is 268 g/mol. The number of aromatic nitrogens is 2. The Morgan fingerprint density at radius 2 is 2.06 bits per heavy atom. The van der Waals surface area contributed by atoms with E-state index in [9.17, 15) is 0 Å². The molecule has 0 aromatic carbocycles. The first-order valence-electron chi connectivity index (χ1n) is 6.57. The average molecular weight is 269 g/mol. The van der Waals surface area contributed by atoms with Crippen molar-refractivity contribution in [1.29, 1.82) is 0 Å². The van der Waals surface area contributed by atoms with E-state index >= 15 is 0 Å². The molecule has 0 spiro atoms. The van der Waals surface area contributed by atoms with Crippen LogP contribution in [0.4, 0.5) is 0 Å². The molecule has 1 atom stereocenters. The normalized spacial score (nSPS) is 17.8. The largest absolute Gasteiger partial charge is 0.370 e. The molecule has 3 nitrogen and oxygen atoms in total. The Kier molecular flexibility index (Phi) is 3.93. The molecule has 0 amide bonds. The highest BCUT2D eigenvalue weighted by Crippen LogP contribution is 2.41. The van der Waals surface area contributed by atoms with Crippen molar-refractivity contribution in [1.82, 2.24) is 9.97 Å². The van der Waals surface area contributed by atoms with Gasteiger partial charge in [-0.3, -0.25) is 0 Å². The fourth-order valence-corrected chi connectivity index (χ4v) is 2.24. The number of rotatable bonds is 4. The maximum atomic E-state index is 6.11. The van der Waals surface area contributed by atoms with E-state index in [0.29, 0.717) is 17.7 Å². The van der Waals surface area contributed by atoms with Crippen LogP contribution in [0.5, 0.6) is 0 Å². The molecule has 4 heteroatoms. The van der Waals surface area contributed by atoms with Gasteiger partial charge in [0.15, 0.2) is 5.82 Å². The maximum absolute atomic E-state index is 6.11. The zero-order valence-electron chi connectivity index (χ0n) is 11.5. The fourth-order valence-electron chi connectivity index (χ4n) is 2.04. The molecule has 1 saturated carbocycles. The smallest absolute Gasteiger partial charge is 0.159 e. The van der Waals surface area contributed by atoms with Gasteiger partial charge >= 0.3 is 0 Å². The quantitative estimate of drug-likeness (QED) is 0.770. The molecule has 1 aliphatic carbocycles. The third-order valence-corrected chi connectivity index (χ3v) is 3.28. The van der Waals surface area contributed by atoms with Crippen molar-refractivity contribution in [2.75, 3.05) is 6.61 Å². The first-order chi connectivity index (χ1) is 8.41. The molecule has 1 aromatic rings. The van der Waals surface area contributed by atoms with E-state index in [2.05, 4.69) is 30.7 Å². The molecule has 0 aliphatic heterocycles. The van der Waals surface area contributed by atoms with Gasteiger partial charge in [0.2, 0.25) is 0 Å². The molecule has 1 aliphatic rings. The van der Waals surface area contributed by atoms with Gasteiger partial charge in [-0.1, -0.05) is 32.4 Å². The molecule has 0 bridgehead atoms. The standard InChI is InChI=1S/C14H21ClN2O/c1-5-18-12(14(2,3)4)13-16-10(9-6-7-9)8-11(15)17-13/h8-9,12H,5-7H2,1-4H3. The SMILES string of the molecule is CCOC(c1nc(Cl)cc(C2CC2)n1)C(C)(C)C. The van der Waals surface area contributed by atoms with Gasteiger partial charge < -0.3 is 4.74 Å². The van der Waals surface area contributed by atoms with Gasteiger partial charge in [-0.15, -0.1) is 0 Å². The van der Waals surface area contributed by atoms with Gasteiger partial charge in [-0.2, -0.15) is 0 Å². The summed E-state index contributed by atoms with van der Waals surface area (Å²) < 4.78 is 5.82. The Morgan fingerprint density at radius 3 is 2.56 bits per heavy atom. The second-order valence-corrected chi connectivity index (χ2v) is 6.34. The van der Waals surface area contributed by atoms with Crippen LogP contribution >= 0.6 is 11.6 Å². The molecule has 0 radical (unpaired) electrons. The lowest BCUT2D eigenvalue weighted by Gasteiger charge is -2.29. The predicted octanol–water partition coefficient (Wildman–Crippen LogP) is 4.13. The molecule has 100 valence electrons. The molecular formula is C14H21ClN2O. The molecule has 18 heavy (non-hydrogen) atoms. The van der Waals surface area contributed by atoms with Crippen LogP contribution in [0.15, 0.2) is 6.07 Å². The van der Waals surface area contributed by atoms with E-state index in [1.54, 1.807) is 0 Å². The highest BCUT2D eigenvalue weighted by molar-refractivity contribution is 6.29. The molecule has 1 unspecified atom stereocenters. The third kappa shape index (κ3) is 3.21. The summed E-state index contributed by atoms with van der Waals surface area (Å²) in [7, 11) is 0. The van der Waals surface area contributed by atoms with E-state index < -0.39 is 0 Å². The van der Waals surface area contributed by atoms with Crippen molar-refractivity contribution in [3.8, 4) is 0 Å². The lowest BCUT2D eigenvalue weighted by atomic mass is 9.88. The summed E-state index contributed by atoms with van der Waals surface area (Å²) in [6, 6.07) is 1.88. The summed E-state index contributed by atoms with van der Waals surface area (Å²) in [4.78, 5) is 9.02. The molecule has 1 aromatic heterocycles. The zero-order chi connectivity index (χ0) is 13.3. The first kappa shape index (κ1) is 13.8. The summed E-state index contributed by atoms with van der Waals surface area (Å²) in [5.74, 6) is 1.30. The highest BCUT2D eigenvalue weighted by atomic mass is 35.5. The van der Waals surface area contributed by atoms with Gasteiger partial charge in [0.05, 0.1) is 0 Å². The molecule has 1 fully saturated rings. The van der Waals surface area contributed by atoms with Crippen LogP contribution in [0.2, 0.25) is 5.15 Å². The Balaban J connectivity index is 2.34. The van der Waals surface area contributed by atoms with Crippen molar-refractivity contribution in [3.63, 3.8) is 0 Å². The van der Waals surface area contributed by atoms with Crippen LogP contribution in [0.3, 0.4) is 0 Å². The van der Waals surface area contributed by atoms with Crippen LogP contribution in [0, 0.1) is 5.41 Å².